The minimum absolute atomic E-state index is 0.0529. The van der Waals surface area contributed by atoms with Crippen LogP contribution in [0, 0.1) is 0 Å². The van der Waals surface area contributed by atoms with Crippen LogP contribution in [0.5, 0.6) is 0 Å². The highest BCUT2D eigenvalue weighted by molar-refractivity contribution is 7.47. The van der Waals surface area contributed by atoms with Gasteiger partial charge in [0.05, 0.1) is 39.9 Å². The second-order valence-electron chi connectivity index (χ2n) is 23.8. The number of nitrogens with one attached hydrogen (secondary N) is 1. The summed E-state index contributed by atoms with van der Waals surface area (Å²) in [5.74, 6) is -0.188. The van der Waals surface area contributed by atoms with Crippen LogP contribution >= 0.6 is 7.82 Å². The maximum absolute atomic E-state index is 13.0. The van der Waals surface area contributed by atoms with Gasteiger partial charge in [-0.2, -0.15) is 0 Å². The van der Waals surface area contributed by atoms with E-state index < -0.39 is 20.0 Å². The van der Waals surface area contributed by atoms with E-state index >= 15 is 0 Å². The van der Waals surface area contributed by atoms with Crippen molar-refractivity contribution in [2.24, 2.45) is 0 Å². The first-order valence-corrected chi connectivity index (χ1v) is 35.0. The molecule has 3 unspecified atom stereocenters. The summed E-state index contributed by atoms with van der Waals surface area (Å²) >= 11 is 0. The molecule has 79 heavy (non-hydrogen) atoms. The van der Waals surface area contributed by atoms with Crippen molar-refractivity contribution in [1.82, 2.24) is 5.32 Å². The van der Waals surface area contributed by atoms with Crippen LogP contribution in [0.2, 0.25) is 0 Å². The Morgan fingerprint density at radius 1 is 0.443 bits per heavy atom. The summed E-state index contributed by atoms with van der Waals surface area (Å²) in [6.07, 6.45) is 85.9. The molecule has 0 spiro atoms. The first-order chi connectivity index (χ1) is 38.5. The van der Waals surface area contributed by atoms with Gasteiger partial charge in [-0.25, -0.2) is 4.57 Å². The first-order valence-electron chi connectivity index (χ1n) is 33.5. The van der Waals surface area contributed by atoms with E-state index in [1.165, 1.54) is 212 Å². The normalized spacial score (nSPS) is 14.3. The van der Waals surface area contributed by atoms with Gasteiger partial charge in [0, 0.05) is 6.42 Å². The molecule has 0 fully saturated rings. The average molecular weight is 1130 g/mol. The number of carbonyl (C=O) groups is 1. The van der Waals surface area contributed by atoms with Gasteiger partial charge < -0.3 is 19.8 Å². The molecule has 1 amide bonds. The number of likely N-dealkylation sites (N-methyl/N-ethyl adjacent to an activating group) is 1. The van der Waals surface area contributed by atoms with Crippen LogP contribution in [0.1, 0.15) is 303 Å². The molecule has 0 bridgehead atoms. The number of aliphatic hydroxyl groups excluding tert-OH is 1. The van der Waals surface area contributed by atoms with Gasteiger partial charge in [-0.1, -0.05) is 298 Å². The average Bonchev–Trinajstić information content (AvgIpc) is 3.42. The lowest BCUT2D eigenvalue weighted by Gasteiger charge is -2.25. The molecule has 8 nitrogen and oxygen atoms in total. The van der Waals surface area contributed by atoms with Gasteiger partial charge in [-0.3, -0.25) is 13.8 Å². The van der Waals surface area contributed by atoms with Crippen LogP contribution in [0.15, 0.2) is 85.1 Å². The standard InChI is InChI=1S/C70H129N2O6P/c1-6-8-10-12-14-16-18-20-22-24-26-27-28-29-30-31-32-33-34-35-36-37-38-39-40-41-42-43-44-45-46-48-50-52-54-56-58-60-62-64-70(74)71-68(67-78-79(75,76)77-66-65-72(3,4)5)69(73)63-61-59-57-55-53-51-49-47-25-23-21-19-17-15-13-11-9-7-2/h8,10,14,16,20,22,25-27,47,53,55,61,63,68-69,73H,6-7,9,11-13,15,17-19,21,23-24,28-46,48-52,54,56-60,62,64-67H2,1-5H3,(H-,71,74,75,76)/p+1/b10-8-,16-14-,22-20-,27-26-,47-25+,55-53+,63-61+. The van der Waals surface area contributed by atoms with Crippen LogP contribution in [0.3, 0.4) is 0 Å². The third kappa shape index (κ3) is 63.1. The topological polar surface area (TPSA) is 105 Å². The summed E-state index contributed by atoms with van der Waals surface area (Å²) in [6, 6.07) is -0.871. The number of aliphatic hydroxyl groups is 1. The van der Waals surface area contributed by atoms with Crippen LogP contribution in [-0.2, 0) is 18.4 Å². The van der Waals surface area contributed by atoms with E-state index in [9.17, 15) is 19.4 Å². The Kier molecular flexibility index (Phi) is 58.5. The van der Waals surface area contributed by atoms with E-state index in [0.717, 1.165) is 70.6 Å². The number of nitrogens with zero attached hydrogens (tertiary/aromatic N) is 1. The predicted octanol–water partition coefficient (Wildman–Crippen LogP) is 21.2. The first kappa shape index (κ1) is 76.7. The fraction of sp³-hybridized carbons (Fsp3) is 0.786. The zero-order valence-electron chi connectivity index (χ0n) is 52.6. The molecule has 3 atom stereocenters. The SMILES string of the molecule is CC/C=C\C/C=C\C/C=C\C/C=C\CCCCCCCCCCCCCCCCCCCCCCCCCCCCC(=O)NC(COP(=O)(O)OCC[N+](C)(C)C)C(O)/C=C/CC/C=C/CC/C=C/CCCCCCCCCC. The van der Waals surface area contributed by atoms with Crippen LogP contribution in [-0.4, -0.2) is 73.4 Å². The zero-order chi connectivity index (χ0) is 57.7. The molecule has 0 heterocycles. The number of hydrogen-bond acceptors (Lipinski definition) is 5. The maximum Gasteiger partial charge on any atom is 0.472 e. The molecule has 0 radical (unpaired) electrons. The molecule has 0 saturated carbocycles. The second kappa shape index (κ2) is 60.3. The summed E-state index contributed by atoms with van der Waals surface area (Å²) in [4.78, 5) is 23.3. The Morgan fingerprint density at radius 2 is 0.772 bits per heavy atom. The lowest BCUT2D eigenvalue weighted by Crippen LogP contribution is -2.45. The summed E-state index contributed by atoms with van der Waals surface area (Å²) in [6.45, 7) is 4.69. The second-order valence-corrected chi connectivity index (χ2v) is 25.3. The molecule has 0 aliphatic carbocycles. The number of unbranched alkanes of at least 4 members (excludes halogenated alkanes) is 36. The van der Waals surface area contributed by atoms with Gasteiger partial charge in [0.25, 0.3) is 0 Å². The van der Waals surface area contributed by atoms with Gasteiger partial charge in [0.15, 0.2) is 0 Å². The number of quaternary nitrogens is 1. The van der Waals surface area contributed by atoms with Crippen molar-refractivity contribution in [3.63, 3.8) is 0 Å². The number of amides is 1. The lowest BCUT2D eigenvalue weighted by atomic mass is 10.0. The molecule has 0 rings (SSSR count). The number of rotatable bonds is 61. The highest BCUT2D eigenvalue weighted by atomic mass is 31.2. The van der Waals surface area contributed by atoms with Crippen molar-refractivity contribution in [2.75, 3.05) is 40.9 Å². The number of hydrogen-bond donors (Lipinski definition) is 3. The molecular weight excluding hydrogens is 996 g/mol. The molecule has 0 saturated heterocycles. The smallest absolute Gasteiger partial charge is 0.387 e. The van der Waals surface area contributed by atoms with Gasteiger partial charge in [-0.15, -0.1) is 0 Å². The largest absolute Gasteiger partial charge is 0.472 e. The van der Waals surface area contributed by atoms with Crippen molar-refractivity contribution >= 4 is 13.7 Å². The molecule has 3 N–H and O–H groups in total. The summed E-state index contributed by atoms with van der Waals surface area (Å²) < 4.78 is 23.7. The Hall–Kier alpha value is -2.32. The van der Waals surface area contributed by atoms with Crippen molar-refractivity contribution in [3.05, 3.63) is 85.1 Å². The highest BCUT2D eigenvalue weighted by Gasteiger charge is 2.28. The van der Waals surface area contributed by atoms with Gasteiger partial charge in [0.2, 0.25) is 5.91 Å². The predicted molar refractivity (Wildman–Crippen MR) is 346 cm³/mol. The minimum atomic E-state index is -4.36. The quantitative estimate of drug-likeness (QED) is 0.0243. The van der Waals surface area contributed by atoms with E-state index in [2.05, 4.69) is 92.1 Å². The van der Waals surface area contributed by atoms with E-state index in [1.807, 2.05) is 27.2 Å². The number of phosphoric acid groups is 1. The maximum atomic E-state index is 13.0. The molecular formula is C70H130N2O6P+. The fourth-order valence-electron chi connectivity index (χ4n) is 9.66. The third-order valence-electron chi connectivity index (χ3n) is 14.8. The van der Waals surface area contributed by atoms with Crippen LogP contribution in [0.25, 0.3) is 0 Å². The summed E-state index contributed by atoms with van der Waals surface area (Å²) in [5, 5.41) is 13.9. The number of carbonyl (C=O) groups excluding carboxylic acids is 1. The third-order valence-corrected chi connectivity index (χ3v) is 15.8. The number of allylic oxidation sites excluding steroid dienone is 13. The van der Waals surface area contributed by atoms with E-state index in [0.29, 0.717) is 17.4 Å². The highest BCUT2D eigenvalue weighted by Crippen LogP contribution is 2.43. The molecule has 0 aliphatic heterocycles. The number of phosphoric ester groups is 1. The molecule has 0 aromatic heterocycles. The van der Waals surface area contributed by atoms with Gasteiger partial charge in [-0.05, 0) is 83.5 Å². The lowest BCUT2D eigenvalue weighted by molar-refractivity contribution is -0.870. The van der Waals surface area contributed by atoms with Crippen molar-refractivity contribution < 1.29 is 32.9 Å². The molecule has 0 aromatic rings. The van der Waals surface area contributed by atoms with Crippen LogP contribution in [0.4, 0.5) is 0 Å². The van der Waals surface area contributed by atoms with Gasteiger partial charge in [0.1, 0.15) is 13.2 Å². The van der Waals surface area contributed by atoms with Gasteiger partial charge >= 0.3 is 7.82 Å². The van der Waals surface area contributed by atoms with Crippen molar-refractivity contribution in [3.8, 4) is 0 Å². The minimum Gasteiger partial charge on any atom is -0.387 e. The molecule has 9 heteroatoms. The molecule has 0 aliphatic rings. The van der Waals surface area contributed by atoms with Crippen LogP contribution < -0.4 is 5.32 Å². The van der Waals surface area contributed by atoms with E-state index in [1.54, 1.807) is 6.08 Å². The van der Waals surface area contributed by atoms with Crippen molar-refractivity contribution in [2.45, 2.75) is 315 Å². The Balaban J connectivity index is 3.97. The Bertz CT molecular complexity index is 1560. The molecule has 460 valence electrons. The molecule has 0 aromatic carbocycles. The zero-order valence-corrected chi connectivity index (χ0v) is 53.5. The van der Waals surface area contributed by atoms with Crippen molar-refractivity contribution in [1.29, 1.82) is 0 Å². The summed E-state index contributed by atoms with van der Waals surface area (Å²) in [5.41, 5.74) is 0. The van der Waals surface area contributed by atoms with E-state index in [-0.39, 0.29) is 19.1 Å². The summed E-state index contributed by atoms with van der Waals surface area (Å²) in [7, 11) is 1.55. The fourth-order valence-corrected chi connectivity index (χ4v) is 10.4. The Morgan fingerprint density at radius 3 is 1.16 bits per heavy atom. The van der Waals surface area contributed by atoms with E-state index in [4.69, 9.17) is 9.05 Å². The monoisotopic (exact) mass is 1130 g/mol. The Labute approximate surface area is 490 Å².